The lowest BCUT2D eigenvalue weighted by Gasteiger charge is -2.44. The van der Waals surface area contributed by atoms with E-state index in [2.05, 4.69) is 24.9 Å². The molecule has 49 heavy (non-hydrogen) atoms. The van der Waals surface area contributed by atoms with Crippen molar-refractivity contribution in [2.75, 3.05) is 4.90 Å². The van der Waals surface area contributed by atoms with Crippen LogP contribution >= 0.6 is 0 Å². The highest BCUT2D eigenvalue weighted by Gasteiger charge is 2.57. The zero-order valence-corrected chi connectivity index (χ0v) is 27.4. The minimum absolute atomic E-state index is 0.0822. The Balaban J connectivity index is 1.24. The zero-order valence-electron chi connectivity index (χ0n) is 27.4. The Morgan fingerprint density at radius 1 is 1.00 bits per heavy atom. The van der Waals surface area contributed by atoms with Crippen LogP contribution in [-0.2, 0) is 14.2 Å². The van der Waals surface area contributed by atoms with Gasteiger partial charge in [-0.1, -0.05) is 68.0 Å². The Labute approximate surface area is 285 Å². The van der Waals surface area contributed by atoms with Crippen molar-refractivity contribution in [3.8, 4) is 5.75 Å². The molecule has 0 spiro atoms. The van der Waals surface area contributed by atoms with Crippen LogP contribution in [0.3, 0.4) is 0 Å². The molecule has 7 rings (SSSR count). The van der Waals surface area contributed by atoms with E-state index >= 15 is 0 Å². The van der Waals surface area contributed by atoms with Gasteiger partial charge in [0, 0.05) is 11.6 Å². The number of phenolic OH excluding ortho intramolecular Hbond substituents is 1. The Morgan fingerprint density at radius 2 is 1.78 bits per heavy atom. The van der Waals surface area contributed by atoms with Crippen LogP contribution in [-0.4, -0.2) is 57.3 Å². The van der Waals surface area contributed by atoms with Gasteiger partial charge in [-0.3, -0.25) is 19.5 Å². The van der Waals surface area contributed by atoms with Crippen molar-refractivity contribution in [1.29, 1.82) is 0 Å². The summed E-state index contributed by atoms with van der Waals surface area (Å²) in [4.78, 5) is 33.9. The summed E-state index contributed by atoms with van der Waals surface area (Å²) >= 11 is 0. The maximum atomic E-state index is 14.2. The molecule has 11 heteroatoms. The molecular formula is C38H38B2N2O7. The van der Waals surface area contributed by atoms with Crippen molar-refractivity contribution in [3.63, 3.8) is 0 Å². The van der Waals surface area contributed by atoms with Crippen LogP contribution in [0.4, 0.5) is 5.69 Å². The van der Waals surface area contributed by atoms with E-state index in [9.17, 15) is 29.8 Å². The third-order valence-electron chi connectivity index (χ3n) is 10.3. The van der Waals surface area contributed by atoms with E-state index in [-0.39, 0.29) is 41.2 Å². The molecule has 1 aromatic heterocycles. The molecule has 2 fully saturated rings. The summed E-state index contributed by atoms with van der Waals surface area (Å²) in [5.41, 5.74) is 5.27. The third-order valence-corrected chi connectivity index (χ3v) is 10.3. The SMILES string of the molecule is CC(C)C1=C2[C@@H](CC/C(=C/c3ccc(O)c4ccccc34)c3ccccn3)OB(O)C[C@@H]2[C@@H]2C(=O)N(c3cccc(B(O)O)c3)C(=O)[C@@H]2C1. The predicted molar refractivity (Wildman–Crippen MR) is 190 cm³/mol. The number of aromatic hydroxyl groups is 1. The van der Waals surface area contributed by atoms with E-state index in [0.29, 0.717) is 24.9 Å². The summed E-state index contributed by atoms with van der Waals surface area (Å²) in [5, 5.41) is 42.7. The fourth-order valence-corrected chi connectivity index (χ4v) is 8.06. The molecule has 2 amide bonds. The molecule has 4 atom stereocenters. The summed E-state index contributed by atoms with van der Waals surface area (Å²) in [6.07, 6.45) is 5.03. The van der Waals surface area contributed by atoms with Crippen molar-refractivity contribution in [2.45, 2.75) is 45.5 Å². The van der Waals surface area contributed by atoms with E-state index in [4.69, 9.17) is 4.65 Å². The number of allylic oxidation sites excluding steroid dienone is 2. The summed E-state index contributed by atoms with van der Waals surface area (Å²) in [7, 11) is -2.85. The lowest BCUT2D eigenvalue weighted by molar-refractivity contribution is -0.122. The standard InChI is InChI=1S/C38H38B2N2O7/c1-22(2)29-20-30-36(38(45)42(37(30)44)26-9-7-8-25(19-26)40(47)48)31-21-39(46)49-34(35(29)31)16-14-24(32-12-5-6-17-41-32)18-23-13-15-33(43)28-11-4-3-10-27(23)28/h3-13,15,17-19,22,30-31,34,36,43,46-48H,14,16,20-21H2,1-2H3/b24-18-/t30-,31+,34-,36-/m1/s1. The number of rotatable bonds is 8. The molecule has 3 heterocycles. The molecular weight excluding hydrogens is 618 g/mol. The monoisotopic (exact) mass is 656 g/mol. The number of anilines is 1. The molecule has 0 saturated carbocycles. The van der Waals surface area contributed by atoms with Gasteiger partial charge in [0.1, 0.15) is 5.75 Å². The van der Waals surface area contributed by atoms with Crippen molar-refractivity contribution in [2.24, 2.45) is 23.7 Å². The van der Waals surface area contributed by atoms with Gasteiger partial charge in [-0.25, -0.2) is 0 Å². The molecule has 1 aliphatic carbocycles. The molecule has 248 valence electrons. The highest BCUT2D eigenvalue weighted by Crippen LogP contribution is 2.52. The van der Waals surface area contributed by atoms with Gasteiger partial charge in [0.2, 0.25) is 11.8 Å². The van der Waals surface area contributed by atoms with Crippen LogP contribution in [0, 0.1) is 23.7 Å². The van der Waals surface area contributed by atoms with E-state index in [1.165, 1.54) is 17.0 Å². The predicted octanol–water partition coefficient (Wildman–Crippen LogP) is 4.60. The third kappa shape index (κ3) is 6.12. The molecule has 0 unspecified atom stereocenters. The smallest absolute Gasteiger partial charge is 0.488 e. The number of hydrogen-bond acceptors (Lipinski definition) is 8. The number of carbonyl (C=O) groups is 2. The highest BCUT2D eigenvalue weighted by molar-refractivity contribution is 6.58. The van der Waals surface area contributed by atoms with Crippen molar-refractivity contribution in [3.05, 3.63) is 107 Å². The first-order chi connectivity index (χ1) is 23.6. The number of phenols is 1. The Kier molecular flexibility index (Phi) is 9.02. The number of nitrogens with zero attached hydrogens (tertiary/aromatic N) is 2. The maximum Gasteiger partial charge on any atom is 0.488 e. The van der Waals surface area contributed by atoms with E-state index < -0.39 is 32.2 Å². The minimum atomic E-state index is -1.74. The lowest BCUT2D eigenvalue weighted by atomic mass is 9.57. The van der Waals surface area contributed by atoms with Crippen LogP contribution in [0.1, 0.15) is 44.4 Å². The number of aromatic nitrogens is 1. The van der Waals surface area contributed by atoms with E-state index in [1.54, 1.807) is 24.4 Å². The number of benzene rings is 3. The highest BCUT2D eigenvalue weighted by atomic mass is 16.5. The normalized spacial score (nSPS) is 22.6. The van der Waals surface area contributed by atoms with Crippen molar-refractivity contribution in [1.82, 2.24) is 4.98 Å². The van der Waals surface area contributed by atoms with E-state index in [1.807, 2.05) is 48.5 Å². The second kappa shape index (κ2) is 13.4. The molecule has 3 aromatic carbocycles. The van der Waals surface area contributed by atoms with Crippen LogP contribution in [0.25, 0.3) is 22.4 Å². The Hall–Kier alpha value is -4.54. The Morgan fingerprint density at radius 3 is 2.51 bits per heavy atom. The van der Waals surface area contributed by atoms with Gasteiger partial charge >= 0.3 is 14.2 Å². The molecule has 4 aromatic rings. The average Bonchev–Trinajstić information content (AvgIpc) is 3.36. The molecule has 0 bridgehead atoms. The first kappa shape index (κ1) is 33.0. The van der Waals surface area contributed by atoms with Crippen LogP contribution < -0.4 is 10.4 Å². The number of amides is 2. The van der Waals surface area contributed by atoms with Gasteiger partial charge in [0.15, 0.2) is 0 Å². The number of carbonyl (C=O) groups excluding carboxylic acids is 2. The minimum Gasteiger partial charge on any atom is -0.507 e. The molecule has 3 aliphatic rings. The van der Waals surface area contributed by atoms with E-state index in [0.717, 1.165) is 38.7 Å². The number of fused-ring (bicyclic) bond motifs is 4. The first-order valence-corrected chi connectivity index (χ1v) is 16.8. The second-order valence-corrected chi connectivity index (χ2v) is 13.5. The summed E-state index contributed by atoms with van der Waals surface area (Å²) in [6, 6.07) is 23.3. The summed E-state index contributed by atoms with van der Waals surface area (Å²) < 4.78 is 6.27. The number of hydrogen-bond donors (Lipinski definition) is 4. The van der Waals surface area contributed by atoms with Crippen LogP contribution in [0.5, 0.6) is 5.75 Å². The number of pyridine rings is 1. The van der Waals surface area contributed by atoms with Gasteiger partial charge in [0.05, 0.1) is 29.3 Å². The van der Waals surface area contributed by atoms with Gasteiger partial charge in [0.25, 0.3) is 0 Å². The van der Waals surface area contributed by atoms with Gasteiger partial charge in [-0.2, -0.15) is 0 Å². The van der Waals surface area contributed by atoms with Gasteiger partial charge in [-0.15, -0.1) is 0 Å². The largest absolute Gasteiger partial charge is 0.507 e. The topological polar surface area (TPSA) is 140 Å². The quantitative estimate of drug-likeness (QED) is 0.123. The second-order valence-electron chi connectivity index (χ2n) is 13.5. The maximum absolute atomic E-state index is 14.2. The molecule has 4 N–H and O–H groups in total. The summed E-state index contributed by atoms with van der Waals surface area (Å²) in [6.45, 7) is 4.17. The lowest BCUT2D eigenvalue weighted by Crippen LogP contribution is -2.46. The fraction of sp³-hybridized carbons (Fsp3) is 0.289. The molecule has 0 radical (unpaired) electrons. The molecule has 9 nitrogen and oxygen atoms in total. The van der Waals surface area contributed by atoms with Gasteiger partial charge < -0.3 is 24.8 Å². The summed E-state index contributed by atoms with van der Waals surface area (Å²) in [5.74, 6) is -1.99. The Bertz CT molecular complexity index is 1980. The fourth-order valence-electron chi connectivity index (χ4n) is 8.06. The van der Waals surface area contributed by atoms with Crippen molar-refractivity contribution < 1.29 is 34.4 Å². The van der Waals surface area contributed by atoms with Crippen LogP contribution in [0.15, 0.2) is 96.2 Å². The van der Waals surface area contributed by atoms with Gasteiger partial charge in [-0.05, 0) is 101 Å². The van der Waals surface area contributed by atoms with Crippen LogP contribution in [0.2, 0.25) is 6.32 Å². The zero-order chi connectivity index (χ0) is 34.4. The van der Waals surface area contributed by atoms with Crippen molar-refractivity contribution >= 4 is 59.6 Å². The first-order valence-electron chi connectivity index (χ1n) is 16.8. The molecule has 2 saturated heterocycles. The average molecular weight is 656 g/mol. The number of imide groups is 1. The molecule has 2 aliphatic heterocycles.